The largest absolute Gasteiger partial charge is 0.450 e. The van der Waals surface area contributed by atoms with Crippen molar-refractivity contribution in [2.24, 2.45) is 0 Å². The molecule has 0 unspecified atom stereocenters. The Morgan fingerprint density at radius 1 is 1.10 bits per heavy atom. The number of amides is 4. The first-order valence-electron chi connectivity index (χ1n) is 9.52. The number of ether oxygens (including phenoxy) is 1. The monoisotopic (exact) mass is 485 g/mol. The van der Waals surface area contributed by atoms with Crippen LogP contribution in [0.2, 0.25) is 10.0 Å². The molecule has 1 aliphatic rings. The molecule has 0 atom stereocenters. The Hall–Kier alpha value is -2.56. The highest BCUT2D eigenvalue weighted by atomic mass is 35.5. The molecule has 31 heavy (non-hydrogen) atoms. The van der Waals surface area contributed by atoms with E-state index in [2.05, 4.69) is 15.6 Å². The normalized spacial score (nSPS) is 13.6. The second-order valence-electron chi connectivity index (χ2n) is 6.60. The fourth-order valence-electron chi connectivity index (χ4n) is 2.87. The standard InChI is InChI=1S/C19H21Cl2N5O4S/c1-2-30-19(29)26-7-5-25(6-8-26)18(28)24-17-23-13(11-31-17)10-16(27)22-12-3-4-14(20)15(21)9-12/h3-4,9,11H,2,5-8,10H2,1H3,(H,22,27)(H,23,24,28). The van der Waals surface area contributed by atoms with Gasteiger partial charge >= 0.3 is 12.1 Å². The van der Waals surface area contributed by atoms with Gasteiger partial charge in [0.05, 0.1) is 28.8 Å². The van der Waals surface area contributed by atoms with Crippen molar-refractivity contribution in [1.29, 1.82) is 0 Å². The summed E-state index contributed by atoms with van der Waals surface area (Å²) in [7, 11) is 0. The predicted molar refractivity (Wildman–Crippen MR) is 120 cm³/mol. The maximum Gasteiger partial charge on any atom is 0.409 e. The van der Waals surface area contributed by atoms with Crippen molar-refractivity contribution in [1.82, 2.24) is 14.8 Å². The molecule has 2 N–H and O–H groups in total. The molecule has 1 aromatic heterocycles. The third-order valence-corrected chi connectivity index (χ3v) is 5.95. The van der Waals surface area contributed by atoms with Crippen LogP contribution in [0.3, 0.4) is 0 Å². The fourth-order valence-corrected chi connectivity index (χ4v) is 3.86. The number of hydrogen-bond acceptors (Lipinski definition) is 6. The zero-order valence-electron chi connectivity index (χ0n) is 16.7. The first-order valence-corrected chi connectivity index (χ1v) is 11.2. The Labute approximate surface area is 193 Å². The van der Waals surface area contributed by atoms with E-state index >= 15 is 0 Å². The van der Waals surface area contributed by atoms with Crippen LogP contribution in [0.5, 0.6) is 0 Å². The number of carbonyl (C=O) groups excluding carboxylic acids is 3. The van der Waals surface area contributed by atoms with Crippen LogP contribution in [-0.2, 0) is 16.0 Å². The summed E-state index contributed by atoms with van der Waals surface area (Å²) in [5, 5.41) is 8.32. The molecule has 0 radical (unpaired) electrons. The summed E-state index contributed by atoms with van der Waals surface area (Å²) in [4.78, 5) is 43.9. The summed E-state index contributed by atoms with van der Waals surface area (Å²) in [6, 6.07) is 4.52. The topological polar surface area (TPSA) is 104 Å². The van der Waals surface area contributed by atoms with Gasteiger partial charge in [-0.2, -0.15) is 0 Å². The lowest BCUT2D eigenvalue weighted by atomic mass is 10.3. The number of hydrogen-bond donors (Lipinski definition) is 2. The van der Waals surface area contributed by atoms with Gasteiger partial charge in [-0.1, -0.05) is 23.2 Å². The number of thiazole rings is 1. The SMILES string of the molecule is CCOC(=O)N1CCN(C(=O)Nc2nc(CC(=O)Nc3ccc(Cl)c(Cl)c3)cs2)CC1. The van der Waals surface area contributed by atoms with E-state index in [1.807, 2.05) is 0 Å². The number of urea groups is 1. The van der Waals surface area contributed by atoms with Gasteiger partial charge in [0.1, 0.15) is 0 Å². The quantitative estimate of drug-likeness (QED) is 0.667. The number of carbonyl (C=O) groups is 3. The summed E-state index contributed by atoms with van der Waals surface area (Å²) in [5.74, 6) is -0.267. The first kappa shape index (κ1) is 23.1. The third-order valence-electron chi connectivity index (χ3n) is 4.40. The van der Waals surface area contributed by atoms with Gasteiger partial charge in [-0.05, 0) is 25.1 Å². The molecule has 1 saturated heterocycles. The van der Waals surface area contributed by atoms with Crippen LogP contribution >= 0.6 is 34.5 Å². The third kappa shape index (κ3) is 6.46. The molecule has 2 aromatic rings. The van der Waals surface area contributed by atoms with E-state index in [1.165, 1.54) is 11.3 Å². The number of halogens is 2. The van der Waals surface area contributed by atoms with Crippen molar-refractivity contribution < 1.29 is 19.1 Å². The fraction of sp³-hybridized carbons (Fsp3) is 0.368. The lowest BCUT2D eigenvalue weighted by Gasteiger charge is -2.33. The van der Waals surface area contributed by atoms with E-state index in [0.717, 1.165) is 0 Å². The minimum atomic E-state index is -0.369. The zero-order chi connectivity index (χ0) is 22.4. The van der Waals surface area contributed by atoms with Crippen LogP contribution < -0.4 is 10.6 Å². The Kier molecular flexibility index (Phi) is 7.94. The van der Waals surface area contributed by atoms with Crippen molar-refractivity contribution in [3.8, 4) is 0 Å². The van der Waals surface area contributed by atoms with Gasteiger partial charge in [0, 0.05) is 37.2 Å². The summed E-state index contributed by atoms with van der Waals surface area (Å²) >= 11 is 13.0. The molecule has 1 aromatic carbocycles. The average Bonchev–Trinajstić information content (AvgIpc) is 3.17. The summed E-state index contributed by atoms with van der Waals surface area (Å²) in [6.07, 6.45) is -0.323. The molecule has 12 heteroatoms. The molecular weight excluding hydrogens is 465 g/mol. The molecule has 1 fully saturated rings. The van der Waals surface area contributed by atoms with Crippen LogP contribution in [0.25, 0.3) is 0 Å². The van der Waals surface area contributed by atoms with E-state index < -0.39 is 0 Å². The number of aromatic nitrogens is 1. The lowest BCUT2D eigenvalue weighted by Crippen LogP contribution is -2.51. The minimum Gasteiger partial charge on any atom is -0.450 e. The average molecular weight is 486 g/mol. The van der Waals surface area contributed by atoms with Crippen molar-refractivity contribution in [3.63, 3.8) is 0 Å². The van der Waals surface area contributed by atoms with E-state index in [9.17, 15) is 14.4 Å². The number of nitrogens with one attached hydrogen (secondary N) is 2. The highest BCUT2D eigenvalue weighted by Crippen LogP contribution is 2.25. The van der Waals surface area contributed by atoms with Crippen LogP contribution in [-0.4, -0.2) is 65.6 Å². The van der Waals surface area contributed by atoms with Gasteiger partial charge in [0.15, 0.2) is 5.13 Å². The summed E-state index contributed by atoms with van der Waals surface area (Å²) in [6.45, 7) is 3.68. The zero-order valence-corrected chi connectivity index (χ0v) is 19.0. The second-order valence-corrected chi connectivity index (χ2v) is 8.27. The van der Waals surface area contributed by atoms with E-state index in [1.54, 1.807) is 40.3 Å². The minimum absolute atomic E-state index is 0.0465. The van der Waals surface area contributed by atoms with Crippen LogP contribution in [0.15, 0.2) is 23.6 Å². The molecule has 3 rings (SSSR count). The number of anilines is 2. The molecule has 4 amide bonds. The maximum atomic E-state index is 12.4. The lowest BCUT2D eigenvalue weighted by molar-refractivity contribution is -0.115. The predicted octanol–water partition coefficient (Wildman–Crippen LogP) is 3.94. The van der Waals surface area contributed by atoms with Crippen molar-refractivity contribution in [2.75, 3.05) is 43.4 Å². The highest BCUT2D eigenvalue weighted by molar-refractivity contribution is 7.13. The van der Waals surface area contributed by atoms with Crippen molar-refractivity contribution >= 4 is 63.4 Å². The molecule has 0 spiro atoms. The molecule has 2 heterocycles. The van der Waals surface area contributed by atoms with Gasteiger partial charge in [-0.25, -0.2) is 14.6 Å². The number of rotatable bonds is 5. The smallest absolute Gasteiger partial charge is 0.409 e. The van der Waals surface area contributed by atoms with Gasteiger partial charge < -0.3 is 19.9 Å². The molecule has 0 bridgehead atoms. The van der Waals surface area contributed by atoms with Gasteiger partial charge in [0.2, 0.25) is 5.91 Å². The van der Waals surface area contributed by atoms with Gasteiger partial charge in [-0.15, -0.1) is 11.3 Å². The summed E-state index contributed by atoms with van der Waals surface area (Å²) in [5.41, 5.74) is 1.06. The maximum absolute atomic E-state index is 12.4. The van der Waals surface area contributed by atoms with Gasteiger partial charge in [-0.3, -0.25) is 10.1 Å². The Morgan fingerprint density at radius 3 is 2.48 bits per heavy atom. The molecular formula is C19H21Cl2N5O4S. The second kappa shape index (κ2) is 10.7. The van der Waals surface area contributed by atoms with Gasteiger partial charge in [0.25, 0.3) is 0 Å². The molecule has 166 valence electrons. The van der Waals surface area contributed by atoms with E-state index in [4.69, 9.17) is 27.9 Å². The molecule has 9 nitrogen and oxygen atoms in total. The Bertz CT molecular complexity index is 963. The highest BCUT2D eigenvalue weighted by Gasteiger charge is 2.25. The van der Waals surface area contributed by atoms with Crippen molar-refractivity contribution in [3.05, 3.63) is 39.3 Å². The molecule has 0 saturated carbocycles. The Morgan fingerprint density at radius 2 is 1.81 bits per heavy atom. The number of benzene rings is 1. The molecule has 1 aliphatic heterocycles. The van der Waals surface area contributed by atoms with Crippen LogP contribution in [0.1, 0.15) is 12.6 Å². The van der Waals surface area contributed by atoms with E-state index in [-0.39, 0.29) is 24.5 Å². The van der Waals surface area contributed by atoms with Crippen LogP contribution in [0, 0.1) is 0 Å². The van der Waals surface area contributed by atoms with Crippen LogP contribution in [0.4, 0.5) is 20.4 Å². The number of piperazine rings is 1. The number of nitrogens with zero attached hydrogens (tertiary/aromatic N) is 3. The first-order chi connectivity index (χ1) is 14.9. The van der Waals surface area contributed by atoms with E-state index in [0.29, 0.717) is 59.3 Å². The Balaban J connectivity index is 1.47. The molecule has 0 aliphatic carbocycles. The van der Waals surface area contributed by atoms with Crippen molar-refractivity contribution in [2.45, 2.75) is 13.3 Å². The summed E-state index contributed by atoms with van der Waals surface area (Å²) < 4.78 is 4.97.